The number of hydrogen-bond acceptors (Lipinski definition) is 2. The molecule has 0 fully saturated rings. The second kappa shape index (κ2) is 6.55. The third-order valence-corrected chi connectivity index (χ3v) is 4.62. The minimum atomic E-state index is -0.198. The molecule has 25 heavy (non-hydrogen) atoms. The fourth-order valence-corrected chi connectivity index (χ4v) is 3.24. The maximum atomic E-state index is 12.5. The molecule has 0 bridgehead atoms. The average Bonchev–Trinajstić information content (AvgIpc) is 2.82. The van der Waals surface area contributed by atoms with E-state index in [9.17, 15) is 9.59 Å². The van der Waals surface area contributed by atoms with Gasteiger partial charge in [-0.2, -0.15) is 0 Å². The fraction of sp³-hybridized carbons (Fsp3) is 0.238. The van der Waals surface area contributed by atoms with Crippen LogP contribution in [0.25, 0.3) is 5.70 Å². The van der Waals surface area contributed by atoms with Gasteiger partial charge >= 0.3 is 0 Å². The molecule has 1 heterocycles. The Morgan fingerprint density at radius 2 is 1.84 bits per heavy atom. The van der Waals surface area contributed by atoms with Gasteiger partial charge in [-0.25, -0.2) is 0 Å². The monoisotopic (exact) mass is 334 g/mol. The second-order valence-corrected chi connectivity index (χ2v) is 6.53. The number of aryl methyl sites for hydroxylation is 2. The highest BCUT2D eigenvalue weighted by Gasteiger charge is 2.32. The molecular formula is C21H22N2O2. The number of nitrogens with one attached hydrogen (secondary N) is 1. The molecule has 1 atom stereocenters. The van der Waals surface area contributed by atoms with E-state index in [1.165, 1.54) is 4.90 Å². The maximum absolute atomic E-state index is 12.5. The van der Waals surface area contributed by atoms with Gasteiger partial charge in [0.15, 0.2) is 0 Å². The standard InChI is InChI=1S/C21H22N2O2/c1-13-9-10-14(2)19(11-13)15(3)22-20(24)12-23-16(4)17-7-5-6-8-18(17)21(23)25/h5-11,15H,4,12H2,1-3H3,(H,22,24). The van der Waals surface area contributed by atoms with Crippen LogP contribution in [0.2, 0.25) is 0 Å². The summed E-state index contributed by atoms with van der Waals surface area (Å²) in [5, 5.41) is 2.99. The summed E-state index contributed by atoms with van der Waals surface area (Å²) < 4.78 is 0. The van der Waals surface area contributed by atoms with Gasteiger partial charge in [-0.15, -0.1) is 0 Å². The van der Waals surface area contributed by atoms with Crippen molar-refractivity contribution in [3.63, 3.8) is 0 Å². The highest BCUT2D eigenvalue weighted by molar-refractivity contribution is 6.10. The van der Waals surface area contributed by atoms with Crippen LogP contribution in [0.4, 0.5) is 0 Å². The molecule has 0 saturated heterocycles. The van der Waals surface area contributed by atoms with Crippen LogP contribution >= 0.6 is 0 Å². The Balaban J connectivity index is 1.70. The lowest BCUT2D eigenvalue weighted by Crippen LogP contribution is -2.38. The summed E-state index contributed by atoms with van der Waals surface area (Å²) in [6.45, 7) is 9.95. The van der Waals surface area contributed by atoms with Crippen molar-refractivity contribution in [3.05, 3.63) is 76.9 Å². The lowest BCUT2D eigenvalue weighted by Gasteiger charge is -2.21. The summed E-state index contributed by atoms with van der Waals surface area (Å²) in [7, 11) is 0. The summed E-state index contributed by atoms with van der Waals surface area (Å²) in [6, 6.07) is 13.4. The predicted octanol–water partition coefficient (Wildman–Crippen LogP) is 3.61. The van der Waals surface area contributed by atoms with Crippen molar-refractivity contribution in [3.8, 4) is 0 Å². The normalized spacial score (nSPS) is 14.4. The smallest absolute Gasteiger partial charge is 0.259 e. The minimum Gasteiger partial charge on any atom is -0.348 e. The summed E-state index contributed by atoms with van der Waals surface area (Å²) >= 11 is 0. The highest BCUT2D eigenvalue weighted by atomic mass is 16.2. The zero-order chi connectivity index (χ0) is 18.1. The summed E-state index contributed by atoms with van der Waals surface area (Å²) in [4.78, 5) is 26.4. The molecule has 4 heteroatoms. The van der Waals surface area contributed by atoms with Crippen molar-refractivity contribution in [1.82, 2.24) is 10.2 Å². The minimum absolute atomic E-state index is 0.0262. The topological polar surface area (TPSA) is 49.4 Å². The molecule has 0 spiro atoms. The van der Waals surface area contributed by atoms with E-state index >= 15 is 0 Å². The van der Waals surface area contributed by atoms with E-state index in [1.54, 1.807) is 6.07 Å². The number of amides is 2. The Morgan fingerprint density at radius 1 is 1.16 bits per heavy atom. The van der Waals surface area contributed by atoms with Gasteiger partial charge in [0.25, 0.3) is 5.91 Å². The number of nitrogens with zero attached hydrogens (tertiary/aromatic N) is 1. The van der Waals surface area contributed by atoms with Crippen LogP contribution in [0.5, 0.6) is 0 Å². The molecular weight excluding hydrogens is 312 g/mol. The fourth-order valence-electron chi connectivity index (χ4n) is 3.24. The molecule has 1 N–H and O–H groups in total. The molecule has 1 aliphatic heterocycles. The average molecular weight is 334 g/mol. The van der Waals surface area contributed by atoms with Crippen LogP contribution in [0.1, 0.15) is 45.6 Å². The molecule has 4 nitrogen and oxygen atoms in total. The summed E-state index contributed by atoms with van der Waals surface area (Å²) in [6.07, 6.45) is 0. The predicted molar refractivity (Wildman–Crippen MR) is 99.0 cm³/mol. The first-order valence-electron chi connectivity index (χ1n) is 8.35. The summed E-state index contributed by atoms with van der Waals surface area (Å²) in [5.41, 5.74) is 5.34. The van der Waals surface area contributed by atoms with E-state index in [0.717, 1.165) is 22.3 Å². The van der Waals surface area contributed by atoms with Crippen LogP contribution < -0.4 is 5.32 Å². The van der Waals surface area contributed by atoms with Gasteiger partial charge in [0.05, 0.1) is 6.04 Å². The van der Waals surface area contributed by atoms with Crippen molar-refractivity contribution < 1.29 is 9.59 Å². The molecule has 1 unspecified atom stereocenters. The molecule has 0 aromatic heterocycles. The number of benzene rings is 2. The third kappa shape index (κ3) is 3.20. The number of carbonyl (C=O) groups is 2. The number of hydrogen-bond donors (Lipinski definition) is 1. The molecule has 2 amide bonds. The van der Waals surface area contributed by atoms with Crippen LogP contribution in [0.15, 0.2) is 49.0 Å². The van der Waals surface area contributed by atoms with E-state index in [0.29, 0.717) is 11.3 Å². The molecule has 0 saturated carbocycles. The van der Waals surface area contributed by atoms with Gasteiger partial charge in [-0.1, -0.05) is 48.5 Å². The van der Waals surface area contributed by atoms with Crippen LogP contribution in [0.3, 0.4) is 0 Å². The lowest BCUT2D eigenvalue weighted by atomic mass is 10.00. The van der Waals surface area contributed by atoms with Crippen molar-refractivity contribution in [2.24, 2.45) is 0 Å². The zero-order valence-corrected chi connectivity index (χ0v) is 14.8. The van der Waals surface area contributed by atoms with Crippen LogP contribution in [-0.4, -0.2) is 23.3 Å². The summed E-state index contributed by atoms with van der Waals surface area (Å²) in [5.74, 6) is -0.370. The van der Waals surface area contributed by atoms with E-state index in [4.69, 9.17) is 0 Å². The largest absolute Gasteiger partial charge is 0.348 e. The molecule has 0 aliphatic carbocycles. The van der Waals surface area contributed by atoms with Crippen molar-refractivity contribution >= 4 is 17.5 Å². The molecule has 2 aromatic rings. The first kappa shape index (κ1) is 17.0. The van der Waals surface area contributed by atoms with Gasteiger partial charge < -0.3 is 5.32 Å². The number of fused-ring (bicyclic) bond motifs is 1. The van der Waals surface area contributed by atoms with Gasteiger partial charge in [0.2, 0.25) is 5.91 Å². The first-order valence-corrected chi connectivity index (χ1v) is 8.35. The Kier molecular flexibility index (Phi) is 4.45. The van der Waals surface area contributed by atoms with Crippen LogP contribution in [-0.2, 0) is 4.79 Å². The van der Waals surface area contributed by atoms with Gasteiger partial charge in [-0.3, -0.25) is 14.5 Å². The Morgan fingerprint density at radius 3 is 2.52 bits per heavy atom. The maximum Gasteiger partial charge on any atom is 0.259 e. The molecule has 0 radical (unpaired) electrons. The molecule has 2 aromatic carbocycles. The van der Waals surface area contributed by atoms with E-state index < -0.39 is 0 Å². The molecule has 1 aliphatic rings. The highest BCUT2D eigenvalue weighted by Crippen LogP contribution is 2.30. The number of rotatable bonds is 4. The van der Waals surface area contributed by atoms with E-state index in [2.05, 4.69) is 30.1 Å². The Hall–Kier alpha value is -2.88. The van der Waals surface area contributed by atoms with Crippen LogP contribution in [0, 0.1) is 13.8 Å². The van der Waals surface area contributed by atoms with Gasteiger partial charge in [0, 0.05) is 16.8 Å². The molecule has 3 rings (SSSR count). The van der Waals surface area contributed by atoms with Crippen molar-refractivity contribution in [2.75, 3.05) is 6.54 Å². The van der Waals surface area contributed by atoms with Gasteiger partial charge in [-0.05, 0) is 38.0 Å². The second-order valence-electron chi connectivity index (χ2n) is 6.53. The lowest BCUT2D eigenvalue weighted by molar-refractivity contribution is -0.121. The Bertz CT molecular complexity index is 835. The Labute approximate surface area is 148 Å². The van der Waals surface area contributed by atoms with Crippen molar-refractivity contribution in [2.45, 2.75) is 26.8 Å². The number of carbonyl (C=O) groups excluding carboxylic acids is 2. The SMILES string of the molecule is C=C1c2ccccc2C(=O)N1CC(=O)NC(C)c1cc(C)ccc1C. The zero-order valence-electron chi connectivity index (χ0n) is 14.8. The third-order valence-electron chi connectivity index (χ3n) is 4.62. The first-order chi connectivity index (χ1) is 11.9. The quantitative estimate of drug-likeness (QED) is 0.928. The van der Waals surface area contributed by atoms with E-state index in [-0.39, 0.29) is 24.4 Å². The van der Waals surface area contributed by atoms with Crippen molar-refractivity contribution in [1.29, 1.82) is 0 Å². The molecule has 128 valence electrons. The van der Waals surface area contributed by atoms with E-state index in [1.807, 2.05) is 39.0 Å². The van der Waals surface area contributed by atoms with Gasteiger partial charge in [0.1, 0.15) is 6.54 Å².